The van der Waals surface area contributed by atoms with Crippen molar-refractivity contribution in [1.29, 1.82) is 0 Å². The summed E-state index contributed by atoms with van der Waals surface area (Å²) >= 11 is 0. The molecule has 0 spiro atoms. The Balaban J connectivity index is 1.44. The monoisotopic (exact) mass is 319 g/mol. The molecule has 128 valence electrons. The van der Waals surface area contributed by atoms with Crippen LogP contribution in [0.1, 0.15) is 88.8 Å². The largest absolute Gasteiger partial charge is 0.425 e. The Kier molecular flexibility index (Phi) is 5.34. The molecule has 2 heterocycles. The minimum absolute atomic E-state index is 0.272. The van der Waals surface area contributed by atoms with Gasteiger partial charge in [-0.2, -0.15) is 0 Å². The molecule has 2 fully saturated rings. The van der Waals surface area contributed by atoms with Gasteiger partial charge in [-0.05, 0) is 25.2 Å². The maximum absolute atomic E-state index is 12.4. The summed E-state index contributed by atoms with van der Waals surface area (Å²) in [5.41, 5.74) is 0. The van der Waals surface area contributed by atoms with Gasteiger partial charge in [-0.15, -0.1) is 10.2 Å². The molecule has 0 radical (unpaired) electrons. The fraction of sp³-hybridized carbons (Fsp3) is 0.833. The molecule has 2 aliphatic rings. The zero-order valence-electron chi connectivity index (χ0n) is 14.5. The van der Waals surface area contributed by atoms with E-state index in [0.29, 0.717) is 11.8 Å². The van der Waals surface area contributed by atoms with E-state index in [1.54, 1.807) is 0 Å². The summed E-state index contributed by atoms with van der Waals surface area (Å²) in [4.78, 5) is 14.4. The van der Waals surface area contributed by atoms with Crippen molar-refractivity contribution in [2.45, 2.75) is 77.0 Å². The summed E-state index contributed by atoms with van der Waals surface area (Å²) in [7, 11) is 0. The minimum Gasteiger partial charge on any atom is -0.425 e. The van der Waals surface area contributed by atoms with Gasteiger partial charge in [0.1, 0.15) is 0 Å². The SMILES string of the molecule is CC(C)c1nnc(C2CCN(C(=O)CCC3CCCC3)CC2)o1. The Bertz CT molecular complexity index is 512. The van der Waals surface area contributed by atoms with Gasteiger partial charge in [-0.25, -0.2) is 0 Å². The van der Waals surface area contributed by atoms with E-state index in [4.69, 9.17) is 4.42 Å². The summed E-state index contributed by atoms with van der Waals surface area (Å²) in [5, 5.41) is 8.32. The topological polar surface area (TPSA) is 59.2 Å². The second kappa shape index (κ2) is 7.45. The molecule has 1 amide bonds. The van der Waals surface area contributed by atoms with E-state index in [9.17, 15) is 4.79 Å². The predicted octanol–water partition coefficient (Wildman–Crippen LogP) is 3.87. The molecule has 5 nitrogen and oxygen atoms in total. The van der Waals surface area contributed by atoms with Gasteiger partial charge in [0.15, 0.2) is 0 Å². The number of likely N-dealkylation sites (tertiary alicyclic amines) is 1. The molecule has 1 aromatic rings. The van der Waals surface area contributed by atoms with Gasteiger partial charge >= 0.3 is 0 Å². The molecule has 0 bridgehead atoms. The molecular formula is C18H29N3O2. The van der Waals surface area contributed by atoms with Crippen LogP contribution in [0.15, 0.2) is 4.42 Å². The van der Waals surface area contributed by atoms with Gasteiger partial charge in [0, 0.05) is 31.3 Å². The highest BCUT2D eigenvalue weighted by atomic mass is 16.4. The average Bonchev–Trinajstić information content (AvgIpc) is 3.24. The molecule has 0 N–H and O–H groups in total. The molecule has 1 saturated heterocycles. The Hall–Kier alpha value is -1.39. The smallest absolute Gasteiger partial charge is 0.222 e. The number of amides is 1. The number of carbonyl (C=O) groups excluding carboxylic acids is 1. The van der Waals surface area contributed by atoms with E-state index in [1.165, 1.54) is 25.7 Å². The van der Waals surface area contributed by atoms with E-state index in [2.05, 4.69) is 24.0 Å². The van der Waals surface area contributed by atoms with E-state index >= 15 is 0 Å². The first kappa shape index (κ1) is 16.5. The average molecular weight is 319 g/mol. The Morgan fingerprint density at radius 3 is 2.48 bits per heavy atom. The minimum atomic E-state index is 0.272. The third-order valence-corrected chi connectivity index (χ3v) is 5.39. The Morgan fingerprint density at radius 1 is 1.17 bits per heavy atom. The van der Waals surface area contributed by atoms with E-state index in [0.717, 1.165) is 56.5 Å². The molecule has 3 rings (SSSR count). The summed E-state index contributed by atoms with van der Waals surface area (Å²) in [5.74, 6) is 3.19. The number of carbonyl (C=O) groups is 1. The molecule has 23 heavy (non-hydrogen) atoms. The van der Waals surface area contributed by atoms with Gasteiger partial charge < -0.3 is 9.32 Å². The third-order valence-electron chi connectivity index (χ3n) is 5.39. The second-order valence-corrected chi connectivity index (χ2v) is 7.48. The number of hydrogen-bond donors (Lipinski definition) is 0. The van der Waals surface area contributed by atoms with Crippen LogP contribution in [0, 0.1) is 5.92 Å². The lowest BCUT2D eigenvalue weighted by Gasteiger charge is -2.30. The molecule has 0 atom stereocenters. The van der Waals surface area contributed by atoms with Crippen LogP contribution in [0.2, 0.25) is 0 Å². The number of rotatable bonds is 5. The van der Waals surface area contributed by atoms with E-state index < -0.39 is 0 Å². The van der Waals surface area contributed by atoms with E-state index in [1.807, 2.05) is 4.90 Å². The van der Waals surface area contributed by atoms with Crippen molar-refractivity contribution in [3.05, 3.63) is 11.8 Å². The maximum atomic E-state index is 12.4. The molecule has 1 saturated carbocycles. The zero-order valence-corrected chi connectivity index (χ0v) is 14.5. The van der Waals surface area contributed by atoms with Crippen molar-refractivity contribution in [3.8, 4) is 0 Å². The molecule has 0 unspecified atom stereocenters. The summed E-state index contributed by atoms with van der Waals surface area (Å²) < 4.78 is 5.77. The second-order valence-electron chi connectivity index (χ2n) is 7.48. The highest BCUT2D eigenvalue weighted by Crippen LogP contribution is 2.31. The lowest BCUT2D eigenvalue weighted by Crippen LogP contribution is -2.38. The highest BCUT2D eigenvalue weighted by molar-refractivity contribution is 5.76. The number of aromatic nitrogens is 2. The van der Waals surface area contributed by atoms with Crippen LogP contribution in [-0.2, 0) is 4.79 Å². The van der Waals surface area contributed by atoms with Crippen molar-refractivity contribution < 1.29 is 9.21 Å². The van der Waals surface area contributed by atoms with Crippen LogP contribution in [0.5, 0.6) is 0 Å². The number of nitrogens with zero attached hydrogens (tertiary/aromatic N) is 3. The molecule has 1 aliphatic heterocycles. The molecular weight excluding hydrogens is 290 g/mol. The Labute approximate surface area is 138 Å². The van der Waals surface area contributed by atoms with Gasteiger partial charge in [0.2, 0.25) is 17.7 Å². The summed E-state index contributed by atoms with van der Waals surface area (Å²) in [6, 6.07) is 0. The predicted molar refractivity (Wildman–Crippen MR) is 88.1 cm³/mol. The van der Waals surface area contributed by atoms with Crippen LogP contribution in [-0.4, -0.2) is 34.1 Å². The fourth-order valence-corrected chi connectivity index (χ4v) is 3.81. The first-order valence-corrected chi connectivity index (χ1v) is 9.24. The zero-order chi connectivity index (χ0) is 16.2. The van der Waals surface area contributed by atoms with Gasteiger partial charge in [-0.1, -0.05) is 39.5 Å². The van der Waals surface area contributed by atoms with Crippen LogP contribution >= 0.6 is 0 Å². The van der Waals surface area contributed by atoms with Crippen molar-refractivity contribution in [2.75, 3.05) is 13.1 Å². The van der Waals surface area contributed by atoms with Gasteiger partial charge in [-0.3, -0.25) is 4.79 Å². The quantitative estimate of drug-likeness (QED) is 0.826. The lowest BCUT2D eigenvalue weighted by molar-refractivity contribution is -0.132. The molecule has 1 aromatic heterocycles. The van der Waals surface area contributed by atoms with Crippen LogP contribution in [0.4, 0.5) is 0 Å². The normalized spacial score (nSPS) is 20.6. The summed E-state index contributed by atoms with van der Waals surface area (Å²) in [6.45, 7) is 5.77. The van der Waals surface area contributed by atoms with E-state index in [-0.39, 0.29) is 5.92 Å². The molecule has 5 heteroatoms. The molecule has 0 aromatic carbocycles. The number of piperidine rings is 1. The molecule has 1 aliphatic carbocycles. The highest BCUT2D eigenvalue weighted by Gasteiger charge is 2.28. The van der Waals surface area contributed by atoms with Crippen LogP contribution in [0.3, 0.4) is 0 Å². The first-order valence-electron chi connectivity index (χ1n) is 9.24. The fourth-order valence-electron chi connectivity index (χ4n) is 3.81. The maximum Gasteiger partial charge on any atom is 0.222 e. The van der Waals surface area contributed by atoms with Crippen LogP contribution < -0.4 is 0 Å². The van der Waals surface area contributed by atoms with Crippen molar-refractivity contribution in [3.63, 3.8) is 0 Å². The number of hydrogen-bond acceptors (Lipinski definition) is 4. The van der Waals surface area contributed by atoms with Gasteiger partial charge in [0.25, 0.3) is 0 Å². The van der Waals surface area contributed by atoms with Gasteiger partial charge in [0.05, 0.1) is 0 Å². The Morgan fingerprint density at radius 2 is 1.87 bits per heavy atom. The van der Waals surface area contributed by atoms with Crippen LogP contribution in [0.25, 0.3) is 0 Å². The lowest BCUT2D eigenvalue weighted by atomic mass is 9.96. The van der Waals surface area contributed by atoms with Crippen molar-refractivity contribution in [1.82, 2.24) is 15.1 Å². The standard InChI is InChI=1S/C18H29N3O2/c1-13(2)17-19-20-18(23-17)15-9-11-21(12-10-15)16(22)8-7-14-5-3-4-6-14/h13-15H,3-12H2,1-2H3. The summed E-state index contributed by atoms with van der Waals surface area (Å²) in [6.07, 6.45) is 9.05. The van der Waals surface area contributed by atoms with Crippen molar-refractivity contribution >= 4 is 5.91 Å². The first-order chi connectivity index (χ1) is 11.1. The van der Waals surface area contributed by atoms with Crippen molar-refractivity contribution in [2.24, 2.45) is 5.92 Å². The third kappa shape index (κ3) is 4.12.